The fourth-order valence-corrected chi connectivity index (χ4v) is 4.63. The maximum absolute atomic E-state index is 6.09. The Hall–Kier alpha value is -0.0400. The fourth-order valence-electron chi connectivity index (χ4n) is 4.63. The lowest BCUT2D eigenvalue weighted by molar-refractivity contribution is -0.101. The van der Waals surface area contributed by atoms with Crippen molar-refractivity contribution in [2.75, 3.05) is 6.61 Å². The van der Waals surface area contributed by atoms with Gasteiger partial charge in [0.1, 0.15) is 0 Å². The van der Waals surface area contributed by atoms with E-state index < -0.39 is 0 Å². The van der Waals surface area contributed by atoms with Crippen LogP contribution in [-0.4, -0.2) is 12.7 Å². The first-order valence-corrected chi connectivity index (χ1v) is 7.19. The van der Waals surface area contributed by atoms with Crippen LogP contribution < -0.4 is 0 Å². The van der Waals surface area contributed by atoms with Crippen molar-refractivity contribution in [3.05, 3.63) is 0 Å². The Balaban J connectivity index is 1.80. The van der Waals surface area contributed by atoms with Gasteiger partial charge in [0.15, 0.2) is 0 Å². The van der Waals surface area contributed by atoms with Gasteiger partial charge < -0.3 is 4.74 Å². The molecule has 2 aliphatic heterocycles. The van der Waals surface area contributed by atoms with Crippen molar-refractivity contribution in [1.82, 2.24) is 0 Å². The molecule has 4 aliphatic rings. The third-order valence-corrected chi connectivity index (χ3v) is 5.80. The molecule has 1 nitrogen and oxygen atoms in total. The van der Waals surface area contributed by atoms with Crippen LogP contribution in [0.25, 0.3) is 0 Å². The summed E-state index contributed by atoms with van der Waals surface area (Å²) in [6.45, 7) is 8.41. The Kier molecular flexibility index (Phi) is 2.58. The van der Waals surface area contributed by atoms with E-state index in [1.165, 1.54) is 32.1 Å². The van der Waals surface area contributed by atoms with Crippen LogP contribution in [0.5, 0.6) is 0 Å². The molecule has 2 saturated carbocycles. The molecule has 2 saturated heterocycles. The van der Waals surface area contributed by atoms with Gasteiger partial charge in [-0.25, -0.2) is 0 Å². The molecule has 0 amide bonds. The molecule has 0 aromatic heterocycles. The minimum Gasteiger partial charge on any atom is -0.378 e. The van der Waals surface area contributed by atoms with Gasteiger partial charge in [-0.2, -0.15) is 0 Å². The van der Waals surface area contributed by atoms with Gasteiger partial charge in [0.05, 0.1) is 12.7 Å². The highest BCUT2D eigenvalue weighted by molar-refractivity contribution is 5.00. The van der Waals surface area contributed by atoms with Gasteiger partial charge >= 0.3 is 0 Å². The van der Waals surface area contributed by atoms with E-state index in [9.17, 15) is 0 Å². The Morgan fingerprint density at radius 2 is 1.88 bits per heavy atom. The van der Waals surface area contributed by atoms with E-state index in [4.69, 9.17) is 4.74 Å². The molecule has 2 heterocycles. The van der Waals surface area contributed by atoms with E-state index in [0.717, 1.165) is 30.3 Å². The zero-order chi connectivity index (χ0) is 11.3. The highest BCUT2D eigenvalue weighted by atomic mass is 16.5. The fraction of sp³-hybridized carbons (Fsp3) is 1.00. The van der Waals surface area contributed by atoms with Gasteiger partial charge in [-0.3, -0.25) is 0 Å². The predicted molar refractivity (Wildman–Crippen MR) is 66.2 cm³/mol. The molecule has 0 radical (unpaired) electrons. The first-order chi connectivity index (χ1) is 7.58. The average molecular weight is 222 g/mol. The van der Waals surface area contributed by atoms with E-state index in [1.807, 2.05) is 0 Å². The normalized spacial score (nSPS) is 50.8. The van der Waals surface area contributed by atoms with Gasteiger partial charge in [-0.15, -0.1) is 0 Å². The Morgan fingerprint density at radius 1 is 1.06 bits per heavy atom. The summed E-state index contributed by atoms with van der Waals surface area (Å²) in [5.74, 6) is 3.65. The summed E-state index contributed by atoms with van der Waals surface area (Å²) in [6, 6.07) is 0. The van der Waals surface area contributed by atoms with E-state index in [1.54, 1.807) is 0 Å². The van der Waals surface area contributed by atoms with E-state index in [-0.39, 0.29) is 0 Å². The van der Waals surface area contributed by atoms with Crippen LogP contribution in [0.3, 0.4) is 0 Å². The van der Waals surface area contributed by atoms with Crippen LogP contribution in [0.2, 0.25) is 0 Å². The average Bonchev–Trinajstić information content (AvgIpc) is 2.33. The van der Waals surface area contributed by atoms with Crippen molar-refractivity contribution >= 4 is 0 Å². The maximum Gasteiger partial charge on any atom is 0.0600 e. The van der Waals surface area contributed by atoms with Crippen LogP contribution in [0, 0.1) is 29.1 Å². The summed E-state index contributed by atoms with van der Waals surface area (Å²) in [5, 5.41) is 0. The van der Waals surface area contributed by atoms with Crippen molar-refractivity contribution in [3.63, 3.8) is 0 Å². The molecule has 0 aromatic carbocycles. The number of rotatable bonds is 0. The van der Waals surface area contributed by atoms with Gasteiger partial charge in [0, 0.05) is 0 Å². The molecule has 2 bridgehead atoms. The van der Waals surface area contributed by atoms with Crippen LogP contribution >= 0.6 is 0 Å². The summed E-state index contributed by atoms with van der Waals surface area (Å²) in [5.41, 5.74) is 0.618. The molecule has 5 atom stereocenters. The Bertz CT molecular complexity index is 263. The molecule has 0 spiro atoms. The third-order valence-electron chi connectivity index (χ3n) is 5.80. The third kappa shape index (κ3) is 1.63. The second-order valence-electron chi connectivity index (χ2n) is 7.23. The lowest BCUT2D eigenvalue weighted by atomic mass is 9.51. The SMILES string of the molecule is CC1CCC2C(CC2(C)C)C2CCC1OC2. The zero-order valence-electron chi connectivity index (χ0n) is 11.0. The van der Waals surface area contributed by atoms with Gasteiger partial charge in [-0.1, -0.05) is 20.8 Å². The van der Waals surface area contributed by atoms with Crippen LogP contribution in [0.1, 0.15) is 52.9 Å². The Morgan fingerprint density at radius 3 is 2.50 bits per heavy atom. The van der Waals surface area contributed by atoms with Gasteiger partial charge in [0.2, 0.25) is 0 Å². The quantitative estimate of drug-likeness (QED) is 0.604. The lowest BCUT2D eigenvalue weighted by Gasteiger charge is -2.55. The number of hydrogen-bond donors (Lipinski definition) is 0. The number of fused-ring (bicyclic) bond motifs is 4. The zero-order valence-corrected chi connectivity index (χ0v) is 11.0. The summed E-state index contributed by atoms with van der Waals surface area (Å²) in [7, 11) is 0. The lowest BCUT2D eigenvalue weighted by Crippen LogP contribution is -2.48. The van der Waals surface area contributed by atoms with Crippen molar-refractivity contribution in [2.24, 2.45) is 29.1 Å². The van der Waals surface area contributed by atoms with Crippen molar-refractivity contribution in [2.45, 2.75) is 59.0 Å². The maximum atomic E-state index is 6.09. The molecule has 1 heteroatoms. The van der Waals surface area contributed by atoms with Gasteiger partial charge in [-0.05, 0) is 61.2 Å². The molecule has 2 aliphatic carbocycles. The minimum atomic E-state index is 0.580. The number of ether oxygens (including phenoxy) is 1. The molecule has 16 heavy (non-hydrogen) atoms. The molecular weight excluding hydrogens is 196 g/mol. The summed E-state index contributed by atoms with van der Waals surface area (Å²) >= 11 is 0. The first-order valence-electron chi connectivity index (χ1n) is 7.19. The van der Waals surface area contributed by atoms with Crippen LogP contribution in [0.4, 0.5) is 0 Å². The van der Waals surface area contributed by atoms with Gasteiger partial charge in [0.25, 0.3) is 0 Å². The molecule has 5 unspecified atom stereocenters. The van der Waals surface area contributed by atoms with Crippen molar-refractivity contribution in [3.8, 4) is 0 Å². The minimum absolute atomic E-state index is 0.580. The largest absolute Gasteiger partial charge is 0.378 e. The van der Waals surface area contributed by atoms with E-state index in [0.29, 0.717) is 11.5 Å². The molecule has 92 valence electrons. The highest BCUT2D eigenvalue weighted by Crippen LogP contribution is 2.58. The van der Waals surface area contributed by atoms with Crippen molar-refractivity contribution < 1.29 is 4.74 Å². The Labute approximate surface area is 99.9 Å². The predicted octanol–water partition coefficient (Wildman–Crippen LogP) is 3.87. The summed E-state index contributed by atoms with van der Waals surface area (Å²) in [4.78, 5) is 0. The molecule has 0 N–H and O–H groups in total. The van der Waals surface area contributed by atoms with E-state index in [2.05, 4.69) is 20.8 Å². The number of hydrogen-bond acceptors (Lipinski definition) is 1. The molecule has 4 rings (SSSR count). The smallest absolute Gasteiger partial charge is 0.0600 e. The van der Waals surface area contributed by atoms with Crippen molar-refractivity contribution in [1.29, 1.82) is 0 Å². The molecule has 4 fully saturated rings. The van der Waals surface area contributed by atoms with Crippen LogP contribution in [0.15, 0.2) is 0 Å². The summed E-state index contributed by atoms with van der Waals surface area (Å²) < 4.78 is 6.09. The first kappa shape index (κ1) is 11.1. The summed E-state index contributed by atoms with van der Waals surface area (Å²) in [6.07, 6.45) is 7.64. The highest BCUT2D eigenvalue weighted by Gasteiger charge is 2.51. The topological polar surface area (TPSA) is 9.23 Å². The monoisotopic (exact) mass is 222 g/mol. The standard InChI is InChI=1S/C15H26O/c1-10-4-6-13-12(8-15(13,2)3)11-5-7-14(10)16-9-11/h10-14H,4-9H2,1-3H3. The van der Waals surface area contributed by atoms with Crippen LogP contribution in [-0.2, 0) is 4.74 Å². The molecular formula is C15H26O. The second kappa shape index (κ2) is 3.73. The molecule has 0 aromatic rings. The second-order valence-corrected chi connectivity index (χ2v) is 7.23. The van der Waals surface area contributed by atoms with E-state index >= 15 is 0 Å².